The number of alkyl halides is 2. The highest BCUT2D eigenvalue weighted by Gasteiger charge is 2.48. The van der Waals surface area contributed by atoms with Crippen LogP contribution in [0.2, 0.25) is 0 Å². The van der Waals surface area contributed by atoms with Crippen LogP contribution in [0.4, 0.5) is 8.78 Å². The first-order valence-electron chi connectivity index (χ1n) is 7.54. The lowest BCUT2D eigenvalue weighted by Crippen LogP contribution is -2.53. The second kappa shape index (κ2) is 5.50. The number of aromatic hydroxyl groups is 1. The lowest BCUT2D eigenvalue weighted by Gasteiger charge is -2.40. The average molecular weight is 310 g/mol. The smallest absolute Gasteiger partial charge is 0.267 e. The van der Waals surface area contributed by atoms with Crippen molar-refractivity contribution < 1.29 is 18.7 Å². The number of halogens is 2. The van der Waals surface area contributed by atoms with Gasteiger partial charge in [0.2, 0.25) is 5.91 Å². The Hall–Kier alpha value is -1.69. The summed E-state index contributed by atoms with van der Waals surface area (Å²) in [4.78, 5) is 15.2. The second-order valence-electron chi connectivity index (χ2n) is 6.23. The number of hydrogen-bond donors (Lipinski definition) is 1. The highest BCUT2D eigenvalue weighted by atomic mass is 19.3. The molecule has 2 aliphatic heterocycles. The summed E-state index contributed by atoms with van der Waals surface area (Å²) in [5.41, 5.74) is 0.539. The molecule has 2 heterocycles. The molecule has 1 aromatic rings. The van der Waals surface area contributed by atoms with Crippen LogP contribution in [0.1, 0.15) is 24.3 Å². The summed E-state index contributed by atoms with van der Waals surface area (Å²) in [6, 6.07) is 5.58. The summed E-state index contributed by atoms with van der Waals surface area (Å²) >= 11 is 0. The van der Waals surface area contributed by atoms with E-state index in [0.29, 0.717) is 31.5 Å². The first-order chi connectivity index (χ1) is 10.4. The molecule has 0 spiro atoms. The van der Waals surface area contributed by atoms with Crippen molar-refractivity contribution in [1.29, 1.82) is 0 Å². The van der Waals surface area contributed by atoms with E-state index in [4.69, 9.17) is 0 Å². The van der Waals surface area contributed by atoms with Crippen molar-refractivity contribution in [1.82, 2.24) is 9.80 Å². The summed E-state index contributed by atoms with van der Waals surface area (Å²) in [6.45, 7) is 0.737. The van der Waals surface area contributed by atoms with E-state index in [1.54, 1.807) is 29.0 Å². The fraction of sp³-hybridized carbons (Fsp3) is 0.562. The molecule has 3 rings (SSSR count). The van der Waals surface area contributed by atoms with Crippen LogP contribution in [0, 0.1) is 0 Å². The number of nitrogens with zero attached hydrogens (tertiary/aromatic N) is 2. The molecule has 1 amide bonds. The van der Waals surface area contributed by atoms with Crippen LogP contribution < -0.4 is 0 Å². The zero-order chi connectivity index (χ0) is 15.9. The molecule has 0 bridgehead atoms. The van der Waals surface area contributed by atoms with E-state index in [-0.39, 0.29) is 18.2 Å². The fourth-order valence-electron chi connectivity index (χ4n) is 3.49. The average Bonchev–Trinajstić information content (AvgIpc) is 2.79. The third-order valence-electron chi connectivity index (χ3n) is 4.76. The van der Waals surface area contributed by atoms with E-state index in [1.807, 2.05) is 0 Å². The van der Waals surface area contributed by atoms with Gasteiger partial charge in [0.1, 0.15) is 5.75 Å². The van der Waals surface area contributed by atoms with Gasteiger partial charge in [-0.3, -0.25) is 9.69 Å². The minimum absolute atomic E-state index is 0.0566. The number of phenolic OH excluding ortho intramolecular Hbond substituents is 1. The number of hydrogen-bond acceptors (Lipinski definition) is 3. The molecule has 22 heavy (non-hydrogen) atoms. The van der Waals surface area contributed by atoms with E-state index < -0.39 is 17.9 Å². The molecule has 2 saturated heterocycles. The molecule has 2 unspecified atom stereocenters. The number of likely N-dealkylation sites (N-methyl/N-ethyl adjacent to an activating group) is 1. The van der Waals surface area contributed by atoms with Crippen molar-refractivity contribution in [3.8, 4) is 5.75 Å². The van der Waals surface area contributed by atoms with Gasteiger partial charge in [0.15, 0.2) is 0 Å². The monoisotopic (exact) mass is 310 g/mol. The Bertz CT molecular complexity index is 562. The molecule has 0 radical (unpaired) electrons. The SMILES string of the molecule is CN1CCC(N2CCC(c3ccc(O)cc3)C(F)(F)C2)C1=O. The molecule has 2 aliphatic rings. The fourth-order valence-corrected chi connectivity index (χ4v) is 3.49. The van der Waals surface area contributed by atoms with Crippen LogP contribution >= 0.6 is 0 Å². The van der Waals surface area contributed by atoms with Crippen LogP contribution in [0.3, 0.4) is 0 Å². The number of carbonyl (C=O) groups is 1. The van der Waals surface area contributed by atoms with Crippen molar-refractivity contribution in [3.63, 3.8) is 0 Å². The first kappa shape index (κ1) is 15.2. The molecule has 0 saturated carbocycles. The van der Waals surface area contributed by atoms with Gasteiger partial charge in [-0.1, -0.05) is 12.1 Å². The minimum atomic E-state index is -2.88. The van der Waals surface area contributed by atoms with Crippen molar-refractivity contribution in [3.05, 3.63) is 29.8 Å². The van der Waals surface area contributed by atoms with Gasteiger partial charge in [-0.2, -0.15) is 0 Å². The van der Waals surface area contributed by atoms with Crippen molar-refractivity contribution in [2.75, 3.05) is 26.7 Å². The Morgan fingerprint density at radius 2 is 1.86 bits per heavy atom. The Labute approximate surface area is 128 Å². The summed E-state index contributed by atoms with van der Waals surface area (Å²) in [6.07, 6.45) is 0.931. The molecule has 0 aromatic heterocycles. The van der Waals surface area contributed by atoms with Crippen LogP contribution in [0.25, 0.3) is 0 Å². The molecule has 1 aromatic carbocycles. The lowest BCUT2D eigenvalue weighted by molar-refractivity contribution is -0.136. The highest BCUT2D eigenvalue weighted by Crippen LogP contribution is 2.41. The van der Waals surface area contributed by atoms with Gasteiger partial charge in [-0.15, -0.1) is 0 Å². The minimum Gasteiger partial charge on any atom is -0.508 e. The molecule has 6 heteroatoms. The summed E-state index contributed by atoms with van der Waals surface area (Å²) in [5.74, 6) is -3.72. The number of likely N-dealkylation sites (tertiary alicyclic amines) is 2. The molecule has 0 aliphatic carbocycles. The number of benzene rings is 1. The Balaban J connectivity index is 1.75. The maximum atomic E-state index is 14.6. The maximum absolute atomic E-state index is 14.6. The summed E-state index contributed by atoms with van der Waals surface area (Å²) in [5, 5.41) is 9.29. The Kier molecular flexibility index (Phi) is 3.80. The highest BCUT2D eigenvalue weighted by molar-refractivity contribution is 5.83. The number of rotatable bonds is 2. The zero-order valence-corrected chi connectivity index (χ0v) is 12.5. The van der Waals surface area contributed by atoms with E-state index in [1.165, 1.54) is 12.1 Å². The Morgan fingerprint density at radius 3 is 2.41 bits per heavy atom. The molecular formula is C16H20F2N2O2. The normalized spacial score (nSPS) is 29.0. The van der Waals surface area contributed by atoms with Gasteiger partial charge in [-0.05, 0) is 37.1 Å². The van der Waals surface area contributed by atoms with Crippen LogP contribution in [0.5, 0.6) is 5.75 Å². The van der Waals surface area contributed by atoms with Gasteiger partial charge in [0, 0.05) is 13.6 Å². The third kappa shape index (κ3) is 2.67. The van der Waals surface area contributed by atoms with E-state index in [2.05, 4.69) is 0 Å². The van der Waals surface area contributed by atoms with Gasteiger partial charge in [0.05, 0.1) is 18.5 Å². The van der Waals surface area contributed by atoms with Crippen molar-refractivity contribution in [2.45, 2.75) is 30.7 Å². The molecule has 120 valence electrons. The largest absolute Gasteiger partial charge is 0.508 e. The van der Waals surface area contributed by atoms with Crippen molar-refractivity contribution in [2.24, 2.45) is 0 Å². The summed E-state index contributed by atoms with van der Waals surface area (Å²) < 4.78 is 29.1. The predicted octanol–water partition coefficient (Wildman–Crippen LogP) is 2.05. The van der Waals surface area contributed by atoms with Crippen LogP contribution in [-0.4, -0.2) is 59.5 Å². The lowest BCUT2D eigenvalue weighted by atomic mass is 9.85. The quantitative estimate of drug-likeness (QED) is 0.909. The first-order valence-corrected chi connectivity index (χ1v) is 7.54. The number of amides is 1. The predicted molar refractivity (Wildman–Crippen MR) is 78.0 cm³/mol. The summed E-state index contributed by atoms with van der Waals surface area (Å²) in [7, 11) is 1.71. The van der Waals surface area contributed by atoms with E-state index in [9.17, 15) is 18.7 Å². The standard InChI is InChI=1S/C16H20F2N2O2/c1-19-8-7-14(15(19)22)20-9-6-13(16(17,18)10-20)11-2-4-12(21)5-3-11/h2-5,13-14,21H,6-10H2,1H3. The Morgan fingerprint density at radius 1 is 1.18 bits per heavy atom. The molecular weight excluding hydrogens is 290 g/mol. The molecule has 2 atom stereocenters. The van der Waals surface area contributed by atoms with E-state index in [0.717, 1.165) is 0 Å². The molecule has 2 fully saturated rings. The van der Waals surface area contributed by atoms with Gasteiger partial charge in [-0.25, -0.2) is 8.78 Å². The van der Waals surface area contributed by atoms with Gasteiger partial charge in [0.25, 0.3) is 5.92 Å². The molecule has 4 nitrogen and oxygen atoms in total. The zero-order valence-electron chi connectivity index (χ0n) is 12.5. The van der Waals surface area contributed by atoms with Gasteiger partial charge < -0.3 is 10.0 Å². The topological polar surface area (TPSA) is 43.8 Å². The molecule has 1 N–H and O–H groups in total. The number of phenols is 1. The second-order valence-corrected chi connectivity index (χ2v) is 6.23. The van der Waals surface area contributed by atoms with Crippen LogP contribution in [-0.2, 0) is 4.79 Å². The maximum Gasteiger partial charge on any atom is 0.267 e. The van der Waals surface area contributed by atoms with Crippen molar-refractivity contribution >= 4 is 5.91 Å². The van der Waals surface area contributed by atoms with E-state index >= 15 is 0 Å². The van der Waals surface area contributed by atoms with Gasteiger partial charge >= 0.3 is 0 Å². The number of piperidine rings is 1. The van der Waals surface area contributed by atoms with Crippen LogP contribution in [0.15, 0.2) is 24.3 Å². The third-order valence-corrected chi connectivity index (χ3v) is 4.76. The number of carbonyl (C=O) groups excluding carboxylic acids is 1.